The molecule has 8 heteroatoms. The predicted octanol–water partition coefficient (Wildman–Crippen LogP) is 1.21. The van der Waals surface area contributed by atoms with Crippen molar-refractivity contribution in [1.82, 2.24) is 9.13 Å². The van der Waals surface area contributed by atoms with Crippen molar-refractivity contribution in [3.8, 4) is 5.88 Å². The summed E-state index contributed by atoms with van der Waals surface area (Å²) in [5.74, 6) is -0.907. The molecule has 140 valence electrons. The molecule has 1 N–H and O–H groups in total. The van der Waals surface area contributed by atoms with Gasteiger partial charge >= 0.3 is 5.69 Å². The van der Waals surface area contributed by atoms with Gasteiger partial charge in [0.15, 0.2) is 0 Å². The molecular formula is C19H20N4O4. The van der Waals surface area contributed by atoms with Crippen LogP contribution in [0.2, 0.25) is 0 Å². The number of hydrazone groups is 1. The zero-order valence-corrected chi connectivity index (χ0v) is 15.8. The van der Waals surface area contributed by atoms with E-state index in [1.807, 2.05) is 32.0 Å². The number of rotatable bonds is 2. The molecule has 0 radical (unpaired) electrons. The van der Waals surface area contributed by atoms with Gasteiger partial charge in [0, 0.05) is 14.1 Å². The molecule has 0 unspecified atom stereocenters. The van der Waals surface area contributed by atoms with Crippen molar-refractivity contribution in [3.63, 3.8) is 0 Å². The van der Waals surface area contributed by atoms with Crippen LogP contribution in [0.3, 0.4) is 0 Å². The SMILES string of the molecule is CC1=NN(c2ccc(C)cc2C)C(=O)/C1=C\c1c(O)n(C)c(=O)n(C)c1=O. The molecule has 1 amide bonds. The fourth-order valence-corrected chi connectivity index (χ4v) is 3.02. The van der Waals surface area contributed by atoms with E-state index in [1.54, 1.807) is 6.92 Å². The Balaban J connectivity index is 2.13. The smallest absolute Gasteiger partial charge is 0.333 e. The van der Waals surface area contributed by atoms with Crippen LogP contribution in [0.15, 0.2) is 38.5 Å². The van der Waals surface area contributed by atoms with Gasteiger partial charge in [-0.1, -0.05) is 17.7 Å². The van der Waals surface area contributed by atoms with Gasteiger partial charge in [-0.15, -0.1) is 0 Å². The topological polar surface area (TPSA) is 96.9 Å². The summed E-state index contributed by atoms with van der Waals surface area (Å²) < 4.78 is 1.82. The van der Waals surface area contributed by atoms with Gasteiger partial charge in [-0.3, -0.25) is 18.7 Å². The fraction of sp³-hybridized carbons (Fsp3) is 0.263. The largest absolute Gasteiger partial charge is 0.494 e. The van der Waals surface area contributed by atoms with Crippen molar-refractivity contribution < 1.29 is 9.90 Å². The molecule has 0 spiro atoms. The van der Waals surface area contributed by atoms with E-state index in [0.29, 0.717) is 11.4 Å². The highest BCUT2D eigenvalue weighted by molar-refractivity contribution is 6.32. The van der Waals surface area contributed by atoms with E-state index < -0.39 is 23.0 Å². The van der Waals surface area contributed by atoms with E-state index in [2.05, 4.69) is 5.10 Å². The number of aromatic hydroxyl groups is 1. The van der Waals surface area contributed by atoms with E-state index in [9.17, 15) is 19.5 Å². The minimum Gasteiger partial charge on any atom is -0.494 e. The van der Waals surface area contributed by atoms with Gasteiger partial charge < -0.3 is 5.11 Å². The molecule has 27 heavy (non-hydrogen) atoms. The summed E-state index contributed by atoms with van der Waals surface area (Å²) in [6, 6.07) is 5.64. The molecule has 0 saturated heterocycles. The summed E-state index contributed by atoms with van der Waals surface area (Å²) in [6.45, 7) is 5.49. The highest BCUT2D eigenvalue weighted by Crippen LogP contribution is 2.28. The number of amides is 1. The van der Waals surface area contributed by atoms with Crippen LogP contribution in [0.25, 0.3) is 6.08 Å². The van der Waals surface area contributed by atoms with Crippen molar-refractivity contribution in [2.24, 2.45) is 19.2 Å². The lowest BCUT2D eigenvalue weighted by molar-refractivity contribution is -0.114. The molecule has 1 aromatic carbocycles. The van der Waals surface area contributed by atoms with Crippen LogP contribution in [-0.2, 0) is 18.9 Å². The summed E-state index contributed by atoms with van der Waals surface area (Å²) in [4.78, 5) is 37.2. The molecule has 3 rings (SSSR count). The van der Waals surface area contributed by atoms with Gasteiger partial charge in [0.25, 0.3) is 11.5 Å². The highest BCUT2D eigenvalue weighted by atomic mass is 16.3. The van der Waals surface area contributed by atoms with Crippen molar-refractivity contribution in [3.05, 3.63) is 61.3 Å². The number of hydrogen-bond acceptors (Lipinski definition) is 5. The summed E-state index contributed by atoms with van der Waals surface area (Å²) in [6.07, 6.45) is 1.28. The van der Waals surface area contributed by atoms with E-state index >= 15 is 0 Å². The van der Waals surface area contributed by atoms with Crippen LogP contribution in [0, 0.1) is 13.8 Å². The van der Waals surface area contributed by atoms with E-state index in [4.69, 9.17) is 0 Å². The van der Waals surface area contributed by atoms with Crippen molar-refractivity contribution in [2.75, 3.05) is 5.01 Å². The lowest BCUT2D eigenvalue weighted by Crippen LogP contribution is -2.38. The van der Waals surface area contributed by atoms with Crippen LogP contribution in [-0.4, -0.2) is 25.9 Å². The number of hydrogen-bond donors (Lipinski definition) is 1. The van der Waals surface area contributed by atoms with Crippen LogP contribution in [0.1, 0.15) is 23.6 Å². The average Bonchev–Trinajstić information content (AvgIpc) is 2.89. The molecule has 1 aliphatic heterocycles. The molecule has 2 aromatic rings. The standard InChI is InChI=1S/C19H20N4O4/c1-10-6-7-15(11(2)8-10)23-18(26)13(12(3)20-23)9-14-16(24)21(4)19(27)22(5)17(14)25/h6-9,24H,1-5H3/b13-9-. The number of aromatic nitrogens is 2. The number of benzene rings is 1. The molecular weight excluding hydrogens is 348 g/mol. The van der Waals surface area contributed by atoms with Gasteiger partial charge in [0.2, 0.25) is 5.88 Å². The van der Waals surface area contributed by atoms with Gasteiger partial charge in [-0.05, 0) is 38.5 Å². The highest BCUT2D eigenvalue weighted by Gasteiger charge is 2.30. The second kappa shape index (κ2) is 6.39. The number of carbonyl (C=O) groups excluding carboxylic acids is 1. The summed E-state index contributed by atoms with van der Waals surface area (Å²) >= 11 is 0. The summed E-state index contributed by atoms with van der Waals surface area (Å²) in [5.41, 5.74) is 1.72. The first-order chi connectivity index (χ1) is 12.6. The van der Waals surface area contributed by atoms with Crippen LogP contribution >= 0.6 is 0 Å². The molecule has 1 aromatic heterocycles. The van der Waals surface area contributed by atoms with E-state index in [1.165, 1.54) is 25.2 Å². The number of carbonyl (C=O) groups is 1. The second-order valence-electron chi connectivity index (χ2n) is 6.59. The van der Waals surface area contributed by atoms with Gasteiger partial charge in [0.05, 0.1) is 17.0 Å². The number of nitrogens with zero attached hydrogens (tertiary/aromatic N) is 4. The Bertz CT molecular complexity index is 1150. The molecule has 0 bridgehead atoms. The van der Waals surface area contributed by atoms with Crippen LogP contribution < -0.4 is 16.3 Å². The number of aryl methyl sites for hydroxylation is 2. The Morgan fingerprint density at radius 1 is 1.04 bits per heavy atom. The Hall–Kier alpha value is -3.42. The zero-order chi connectivity index (χ0) is 20.0. The van der Waals surface area contributed by atoms with E-state index in [-0.39, 0.29) is 11.1 Å². The minimum atomic E-state index is -0.686. The van der Waals surface area contributed by atoms with Crippen LogP contribution in [0.4, 0.5) is 5.69 Å². The summed E-state index contributed by atoms with van der Waals surface area (Å²) in [7, 11) is 2.66. The monoisotopic (exact) mass is 368 g/mol. The van der Waals surface area contributed by atoms with Crippen molar-refractivity contribution >= 4 is 23.4 Å². The normalized spacial score (nSPS) is 15.6. The first kappa shape index (κ1) is 18.4. The molecule has 0 saturated carbocycles. The first-order valence-corrected chi connectivity index (χ1v) is 8.31. The van der Waals surface area contributed by atoms with Crippen molar-refractivity contribution in [1.29, 1.82) is 0 Å². The Morgan fingerprint density at radius 2 is 1.70 bits per heavy atom. The molecule has 0 atom stereocenters. The molecule has 2 heterocycles. The third kappa shape index (κ3) is 2.88. The third-order valence-corrected chi connectivity index (χ3v) is 4.60. The first-order valence-electron chi connectivity index (χ1n) is 8.31. The molecule has 0 aliphatic carbocycles. The Kier molecular flexibility index (Phi) is 4.35. The summed E-state index contributed by atoms with van der Waals surface area (Å²) in [5, 5.41) is 15.8. The van der Waals surface area contributed by atoms with Crippen molar-refractivity contribution in [2.45, 2.75) is 20.8 Å². The molecule has 0 fully saturated rings. The zero-order valence-electron chi connectivity index (χ0n) is 15.8. The lowest BCUT2D eigenvalue weighted by Gasteiger charge is -2.15. The third-order valence-electron chi connectivity index (χ3n) is 4.60. The molecule has 1 aliphatic rings. The fourth-order valence-electron chi connectivity index (χ4n) is 3.02. The second-order valence-corrected chi connectivity index (χ2v) is 6.59. The Labute approximate surface area is 155 Å². The van der Waals surface area contributed by atoms with Crippen LogP contribution in [0.5, 0.6) is 5.88 Å². The maximum absolute atomic E-state index is 12.9. The maximum atomic E-state index is 12.9. The molecule has 8 nitrogen and oxygen atoms in total. The lowest BCUT2D eigenvalue weighted by atomic mass is 10.1. The van der Waals surface area contributed by atoms with Gasteiger partial charge in [-0.25, -0.2) is 4.79 Å². The van der Waals surface area contributed by atoms with E-state index in [0.717, 1.165) is 20.3 Å². The quantitative estimate of drug-likeness (QED) is 0.806. The maximum Gasteiger partial charge on any atom is 0.333 e. The minimum absolute atomic E-state index is 0.139. The average molecular weight is 368 g/mol. The van der Waals surface area contributed by atoms with Gasteiger partial charge in [-0.2, -0.15) is 10.1 Å². The Morgan fingerprint density at radius 3 is 2.33 bits per heavy atom. The van der Waals surface area contributed by atoms with Gasteiger partial charge in [0.1, 0.15) is 5.56 Å². The predicted molar refractivity (Wildman–Crippen MR) is 103 cm³/mol. The number of anilines is 1.